The molecule has 0 fully saturated rings. The lowest BCUT2D eigenvalue weighted by Gasteiger charge is -2.09. The molecule has 0 saturated carbocycles. The minimum absolute atomic E-state index is 0.987. The highest BCUT2D eigenvalue weighted by Crippen LogP contribution is 2.23. The smallest absolute Gasteiger partial charge is 0.0185 e. The van der Waals surface area contributed by atoms with Crippen molar-refractivity contribution in [3.8, 4) is 0 Å². The van der Waals surface area contributed by atoms with Gasteiger partial charge in [0.25, 0.3) is 0 Å². The molecule has 0 aliphatic rings. The normalized spacial score (nSPS) is 13.5. The van der Waals surface area contributed by atoms with Crippen molar-refractivity contribution in [1.82, 2.24) is 0 Å². The Bertz CT molecular complexity index is 578. The van der Waals surface area contributed by atoms with Crippen LogP contribution < -0.4 is 0 Å². The Hall–Kier alpha value is -2.34. The van der Waals surface area contributed by atoms with Gasteiger partial charge in [0.2, 0.25) is 0 Å². The predicted octanol–water partition coefficient (Wildman–Crippen LogP) is 6.28. The minimum atomic E-state index is 0.987. The second-order valence-corrected chi connectivity index (χ2v) is 4.59. The molecule has 0 heteroatoms. The summed E-state index contributed by atoms with van der Waals surface area (Å²) < 4.78 is 0. The third kappa shape index (κ3) is 5.27. The van der Waals surface area contributed by atoms with Crippen LogP contribution in [0.25, 0.3) is 5.57 Å². The van der Waals surface area contributed by atoms with Crippen LogP contribution in [0.3, 0.4) is 0 Å². The van der Waals surface area contributed by atoms with Gasteiger partial charge in [-0.1, -0.05) is 92.9 Å². The summed E-state index contributed by atoms with van der Waals surface area (Å²) in [5, 5.41) is 0. The summed E-state index contributed by atoms with van der Waals surface area (Å²) >= 11 is 0. The van der Waals surface area contributed by atoms with Gasteiger partial charge in [-0.05, 0) is 35.6 Å². The Morgan fingerprint density at radius 2 is 1.76 bits per heavy atom. The molecule has 108 valence electrons. The number of allylic oxidation sites excluding steroid dienone is 10. The van der Waals surface area contributed by atoms with Gasteiger partial charge in [-0.25, -0.2) is 0 Å². The summed E-state index contributed by atoms with van der Waals surface area (Å²) in [6.07, 6.45) is 15.0. The second kappa shape index (κ2) is 9.55. The van der Waals surface area contributed by atoms with E-state index in [2.05, 4.69) is 62.6 Å². The Morgan fingerprint density at radius 3 is 2.29 bits per heavy atom. The number of hydrogen-bond donors (Lipinski definition) is 0. The molecule has 0 spiro atoms. The first-order chi connectivity index (χ1) is 10.3. The molecule has 0 aliphatic carbocycles. The van der Waals surface area contributed by atoms with Crippen molar-refractivity contribution in [2.45, 2.75) is 20.3 Å². The van der Waals surface area contributed by atoms with Crippen LogP contribution in [0.1, 0.15) is 25.8 Å². The quantitative estimate of drug-likeness (QED) is 0.514. The summed E-state index contributed by atoms with van der Waals surface area (Å²) in [5.41, 5.74) is 4.90. The molecule has 0 nitrogen and oxygen atoms in total. The fraction of sp³-hybridized carbons (Fsp3) is 0.143. The van der Waals surface area contributed by atoms with Crippen molar-refractivity contribution in [2.75, 3.05) is 0 Å². The standard InChI is InChI=1S/C21H24/c1-5-9-14-18(7-3)21(13-6-2)17-19(8-4)20-15-11-10-12-16-20/h5-7,9-17H,1-2,8H2,3-4H3/b14-9-,18-7+,19-17+,21-13+. The molecule has 0 heterocycles. The maximum Gasteiger partial charge on any atom is -0.0185 e. The minimum Gasteiger partial charge on any atom is -0.0991 e. The topological polar surface area (TPSA) is 0 Å². The van der Waals surface area contributed by atoms with E-state index >= 15 is 0 Å². The van der Waals surface area contributed by atoms with Crippen molar-refractivity contribution in [1.29, 1.82) is 0 Å². The van der Waals surface area contributed by atoms with Gasteiger partial charge in [-0.3, -0.25) is 0 Å². The molecule has 0 aromatic heterocycles. The lowest BCUT2D eigenvalue weighted by molar-refractivity contribution is 1.23. The van der Waals surface area contributed by atoms with Crippen LogP contribution in [0.15, 0.2) is 97.2 Å². The molecule has 0 radical (unpaired) electrons. The van der Waals surface area contributed by atoms with Gasteiger partial charge < -0.3 is 0 Å². The molecule has 0 saturated heterocycles. The van der Waals surface area contributed by atoms with Crippen molar-refractivity contribution < 1.29 is 0 Å². The van der Waals surface area contributed by atoms with Gasteiger partial charge >= 0.3 is 0 Å². The molecule has 21 heavy (non-hydrogen) atoms. The Balaban J connectivity index is 3.25. The van der Waals surface area contributed by atoms with Crippen LogP contribution in [0, 0.1) is 0 Å². The van der Waals surface area contributed by atoms with Crippen LogP contribution in [-0.4, -0.2) is 0 Å². The van der Waals surface area contributed by atoms with Crippen LogP contribution >= 0.6 is 0 Å². The zero-order valence-corrected chi connectivity index (χ0v) is 13.0. The van der Waals surface area contributed by atoms with E-state index in [1.165, 1.54) is 11.1 Å². The Kier molecular flexibility index (Phi) is 7.60. The van der Waals surface area contributed by atoms with E-state index in [1.807, 2.05) is 31.2 Å². The van der Waals surface area contributed by atoms with E-state index in [0.29, 0.717) is 0 Å². The average Bonchev–Trinajstić information content (AvgIpc) is 2.53. The molecule has 1 aromatic carbocycles. The van der Waals surface area contributed by atoms with Gasteiger partial charge in [0.05, 0.1) is 0 Å². The first-order valence-electron chi connectivity index (χ1n) is 7.31. The van der Waals surface area contributed by atoms with Crippen LogP contribution in [0.2, 0.25) is 0 Å². The molecule has 0 amide bonds. The van der Waals surface area contributed by atoms with Crippen LogP contribution in [0.4, 0.5) is 0 Å². The molecule has 0 N–H and O–H groups in total. The highest BCUT2D eigenvalue weighted by molar-refractivity contribution is 5.70. The summed E-state index contributed by atoms with van der Waals surface area (Å²) in [6, 6.07) is 10.5. The van der Waals surface area contributed by atoms with E-state index < -0.39 is 0 Å². The van der Waals surface area contributed by atoms with Gasteiger partial charge in [0.1, 0.15) is 0 Å². The highest BCUT2D eigenvalue weighted by atomic mass is 14.1. The molecule has 0 bridgehead atoms. The maximum absolute atomic E-state index is 3.83. The van der Waals surface area contributed by atoms with Gasteiger partial charge in [-0.2, -0.15) is 0 Å². The monoisotopic (exact) mass is 276 g/mol. The molecule has 1 aromatic rings. The number of hydrogen-bond acceptors (Lipinski definition) is 0. The summed E-state index contributed by atoms with van der Waals surface area (Å²) in [5.74, 6) is 0. The maximum atomic E-state index is 3.83. The zero-order chi connectivity index (χ0) is 15.5. The average molecular weight is 276 g/mol. The fourth-order valence-electron chi connectivity index (χ4n) is 2.11. The lowest BCUT2D eigenvalue weighted by atomic mass is 9.96. The van der Waals surface area contributed by atoms with E-state index in [4.69, 9.17) is 0 Å². The van der Waals surface area contributed by atoms with E-state index in [1.54, 1.807) is 6.08 Å². The van der Waals surface area contributed by atoms with Gasteiger partial charge in [-0.15, -0.1) is 0 Å². The molecular formula is C21H24. The van der Waals surface area contributed by atoms with Crippen molar-refractivity contribution >= 4 is 5.57 Å². The summed E-state index contributed by atoms with van der Waals surface area (Å²) in [6.45, 7) is 11.8. The fourth-order valence-corrected chi connectivity index (χ4v) is 2.11. The highest BCUT2D eigenvalue weighted by Gasteiger charge is 2.02. The lowest BCUT2D eigenvalue weighted by Crippen LogP contribution is -1.88. The summed E-state index contributed by atoms with van der Waals surface area (Å²) in [4.78, 5) is 0. The van der Waals surface area contributed by atoms with Crippen molar-refractivity contribution in [3.05, 3.63) is 103 Å². The van der Waals surface area contributed by atoms with E-state index in [9.17, 15) is 0 Å². The zero-order valence-electron chi connectivity index (χ0n) is 13.0. The summed E-state index contributed by atoms with van der Waals surface area (Å²) in [7, 11) is 0. The van der Waals surface area contributed by atoms with E-state index in [-0.39, 0.29) is 0 Å². The third-order valence-corrected chi connectivity index (χ3v) is 3.21. The third-order valence-electron chi connectivity index (χ3n) is 3.21. The second-order valence-electron chi connectivity index (χ2n) is 4.59. The largest absolute Gasteiger partial charge is 0.0991 e. The molecule has 0 unspecified atom stereocenters. The first-order valence-corrected chi connectivity index (χ1v) is 7.31. The van der Waals surface area contributed by atoms with Crippen molar-refractivity contribution in [2.24, 2.45) is 0 Å². The molecule has 0 aliphatic heterocycles. The van der Waals surface area contributed by atoms with Gasteiger partial charge in [0.15, 0.2) is 0 Å². The molecule has 0 atom stereocenters. The number of rotatable bonds is 7. The Morgan fingerprint density at radius 1 is 1.05 bits per heavy atom. The van der Waals surface area contributed by atoms with E-state index in [0.717, 1.165) is 17.6 Å². The molecular weight excluding hydrogens is 252 g/mol. The van der Waals surface area contributed by atoms with Gasteiger partial charge in [0, 0.05) is 0 Å². The Labute approximate surface area is 129 Å². The SMILES string of the molecule is C=C\C=C/C(=C\C)C(=C/C=C)/C=C(\CC)c1ccccc1. The predicted molar refractivity (Wildman–Crippen MR) is 96.1 cm³/mol. The van der Waals surface area contributed by atoms with Crippen LogP contribution in [-0.2, 0) is 0 Å². The first kappa shape index (κ1) is 16.7. The number of benzene rings is 1. The van der Waals surface area contributed by atoms with Crippen molar-refractivity contribution in [3.63, 3.8) is 0 Å². The molecule has 1 rings (SSSR count). The van der Waals surface area contributed by atoms with Crippen LogP contribution in [0.5, 0.6) is 0 Å².